The average molecular weight is 351 g/mol. The van der Waals surface area contributed by atoms with Crippen molar-refractivity contribution in [3.63, 3.8) is 0 Å². The van der Waals surface area contributed by atoms with E-state index >= 15 is 0 Å². The number of nitrogens with one attached hydrogen (secondary N) is 1. The number of likely N-dealkylation sites (tertiary alicyclic amines) is 1. The van der Waals surface area contributed by atoms with Crippen LogP contribution < -0.4 is 5.32 Å². The number of nitrogens with zero attached hydrogens (tertiary/aromatic N) is 1. The van der Waals surface area contributed by atoms with E-state index in [1.165, 1.54) is 11.1 Å². The molecule has 1 aliphatic rings. The van der Waals surface area contributed by atoms with Gasteiger partial charge in [0, 0.05) is 12.5 Å². The molecule has 0 saturated carbocycles. The summed E-state index contributed by atoms with van der Waals surface area (Å²) in [7, 11) is 0. The monoisotopic (exact) mass is 350 g/mol. The maximum absolute atomic E-state index is 12.8. The first-order valence-corrected chi connectivity index (χ1v) is 9.75. The molecule has 0 bridgehead atoms. The minimum absolute atomic E-state index is 0.0889. The van der Waals surface area contributed by atoms with Crippen molar-refractivity contribution in [2.75, 3.05) is 13.1 Å². The predicted molar refractivity (Wildman–Crippen MR) is 107 cm³/mol. The topological polar surface area (TPSA) is 32.3 Å². The molecule has 1 fully saturated rings. The molecule has 2 aromatic rings. The second kappa shape index (κ2) is 9.00. The van der Waals surface area contributed by atoms with Gasteiger partial charge in [-0.3, -0.25) is 9.69 Å². The Hall–Kier alpha value is -2.13. The molecule has 0 spiro atoms. The predicted octanol–water partition coefficient (Wildman–Crippen LogP) is 4.41. The maximum Gasteiger partial charge on any atom is 0.223 e. The lowest BCUT2D eigenvalue weighted by molar-refractivity contribution is -0.127. The fourth-order valence-electron chi connectivity index (χ4n) is 3.76. The summed E-state index contributed by atoms with van der Waals surface area (Å²) in [5.74, 6) is 0.721. The van der Waals surface area contributed by atoms with E-state index in [-0.39, 0.29) is 17.9 Å². The highest BCUT2D eigenvalue weighted by molar-refractivity contribution is 5.79. The van der Waals surface area contributed by atoms with Gasteiger partial charge in [-0.2, -0.15) is 0 Å². The second-order valence-electron chi connectivity index (χ2n) is 7.68. The van der Waals surface area contributed by atoms with Crippen molar-refractivity contribution >= 4 is 5.91 Å². The fourth-order valence-corrected chi connectivity index (χ4v) is 3.76. The van der Waals surface area contributed by atoms with Crippen molar-refractivity contribution in [2.24, 2.45) is 11.8 Å². The highest BCUT2D eigenvalue weighted by Crippen LogP contribution is 2.24. The third kappa shape index (κ3) is 4.95. The summed E-state index contributed by atoms with van der Waals surface area (Å²) >= 11 is 0. The van der Waals surface area contributed by atoms with Crippen molar-refractivity contribution < 1.29 is 4.79 Å². The first kappa shape index (κ1) is 18.7. The van der Waals surface area contributed by atoms with Crippen LogP contribution in [-0.4, -0.2) is 23.9 Å². The second-order valence-corrected chi connectivity index (χ2v) is 7.68. The zero-order valence-corrected chi connectivity index (χ0v) is 15.9. The van der Waals surface area contributed by atoms with Crippen molar-refractivity contribution in [3.05, 3.63) is 71.8 Å². The summed E-state index contributed by atoms with van der Waals surface area (Å²) < 4.78 is 0. The van der Waals surface area contributed by atoms with E-state index in [0.29, 0.717) is 5.92 Å². The Kier molecular flexibility index (Phi) is 6.45. The van der Waals surface area contributed by atoms with Crippen LogP contribution in [0.3, 0.4) is 0 Å². The highest BCUT2D eigenvalue weighted by atomic mass is 16.1. The van der Waals surface area contributed by atoms with Crippen molar-refractivity contribution in [1.82, 2.24) is 10.2 Å². The lowest BCUT2D eigenvalue weighted by Crippen LogP contribution is -2.42. The summed E-state index contributed by atoms with van der Waals surface area (Å²) in [5, 5.41) is 3.31. The van der Waals surface area contributed by atoms with Gasteiger partial charge in [0.25, 0.3) is 0 Å². The zero-order chi connectivity index (χ0) is 18.4. The Morgan fingerprint density at radius 2 is 1.58 bits per heavy atom. The number of hydrogen-bond donors (Lipinski definition) is 1. The van der Waals surface area contributed by atoms with Crippen LogP contribution in [0.5, 0.6) is 0 Å². The fraction of sp³-hybridized carbons (Fsp3) is 0.435. The standard InChI is InChI=1S/C23H30N2O/c1-18(2)22(20-11-7-4-8-12-20)24-23(26)21-13-15-25(16-14-21)17-19-9-5-3-6-10-19/h3-12,18,21-22H,13-17H2,1-2H3,(H,24,26). The number of rotatable bonds is 6. The molecule has 1 amide bonds. The van der Waals surface area contributed by atoms with Gasteiger partial charge in [0.1, 0.15) is 0 Å². The average Bonchev–Trinajstić information content (AvgIpc) is 2.68. The zero-order valence-electron chi connectivity index (χ0n) is 15.9. The number of carbonyl (C=O) groups excluding carboxylic acids is 1. The van der Waals surface area contributed by atoms with Crippen LogP contribution in [-0.2, 0) is 11.3 Å². The largest absolute Gasteiger partial charge is 0.349 e. The number of hydrogen-bond acceptors (Lipinski definition) is 2. The Morgan fingerprint density at radius 3 is 2.15 bits per heavy atom. The Bertz CT molecular complexity index is 676. The maximum atomic E-state index is 12.8. The van der Waals surface area contributed by atoms with Crippen LogP contribution in [0.4, 0.5) is 0 Å². The molecule has 2 aromatic carbocycles. The molecule has 26 heavy (non-hydrogen) atoms. The van der Waals surface area contributed by atoms with E-state index in [2.05, 4.69) is 66.5 Å². The molecule has 1 saturated heterocycles. The summed E-state index contributed by atoms with van der Waals surface area (Å²) in [6.07, 6.45) is 1.89. The van der Waals surface area contributed by atoms with Crippen LogP contribution in [0.2, 0.25) is 0 Å². The molecule has 0 aliphatic carbocycles. The van der Waals surface area contributed by atoms with Crippen LogP contribution >= 0.6 is 0 Å². The van der Waals surface area contributed by atoms with Gasteiger partial charge >= 0.3 is 0 Å². The molecule has 1 unspecified atom stereocenters. The van der Waals surface area contributed by atoms with Gasteiger partial charge in [0.05, 0.1) is 6.04 Å². The molecule has 1 aliphatic heterocycles. The number of benzene rings is 2. The Labute approximate surface area is 157 Å². The van der Waals surface area contributed by atoms with Gasteiger partial charge in [0.15, 0.2) is 0 Å². The molecule has 1 heterocycles. The van der Waals surface area contributed by atoms with E-state index in [1.54, 1.807) is 0 Å². The van der Waals surface area contributed by atoms with Gasteiger partial charge in [-0.15, -0.1) is 0 Å². The van der Waals surface area contributed by atoms with Crippen molar-refractivity contribution in [2.45, 2.75) is 39.3 Å². The molecular weight excluding hydrogens is 320 g/mol. The van der Waals surface area contributed by atoms with Gasteiger partial charge < -0.3 is 5.32 Å². The van der Waals surface area contributed by atoms with E-state index in [9.17, 15) is 4.79 Å². The first-order chi connectivity index (χ1) is 12.6. The molecule has 3 nitrogen and oxygen atoms in total. The smallest absolute Gasteiger partial charge is 0.223 e. The molecule has 3 rings (SSSR count). The molecule has 1 N–H and O–H groups in total. The van der Waals surface area contributed by atoms with E-state index in [4.69, 9.17) is 0 Å². The van der Waals surface area contributed by atoms with Crippen LogP contribution in [0.25, 0.3) is 0 Å². The molecule has 1 atom stereocenters. The number of piperidine rings is 1. The van der Waals surface area contributed by atoms with Gasteiger partial charge in [-0.1, -0.05) is 74.5 Å². The molecule has 138 valence electrons. The molecule has 0 radical (unpaired) electrons. The third-order valence-corrected chi connectivity index (χ3v) is 5.33. The molecular formula is C23H30N2O. The van der Waals surface area contributed by atoms with Gasteiger partial charge in [-0.05, 0) is 43.0 Å². The lowest BCUT2D eigenvalue weighted by Gasteiger charge is -2.33. The minimum Gasteiger partial charge on any atom is -0.349 e. The van der Waals surface area contributed by atoms with E-state index in [0.717, 1.165) is 32.5 Å². The number of carbonyl (C=O) groups is 1. The van der Waals surface area contributed by atoms with Gasteiger partial charge in [-0.25, -0.2) is 0 Å². The summed E-state index contributed by atoms with van der Waals surface area (Å²) in [4.78, 5) is 15.3. The highest BCUT2D eigenvalue weighted by Gasteiger charge is 2.27. The van der Waals surface area contributed by atoms with Crippen LogP contribution in [0.1, 0.15) is 43.9 Å². The summed E-state index contributed by atoms with van der Waals surface area (Å²) in [6, 6.07) is 21.0. The SMILES string of the molecule is CC(C)C(NC(=O)C1CCN(Cc2ccccc2)CC1)c1ccccc1. The Morgan fingerprint density at radius 1 is 1.00 bits per heavy atom. The normalized spacial score (nSPS) is 17.2. The van der Waals surface area contributed by atoms with E-state index < -0.39 is 0 Å². The molecule has 3 heteroatoms. The van der Waals surface area contributed by atoms with Crippen LogP contribution in [0.15, 0.2) is 60.7 Å². The van der Waals surface area contributed by atoms with E-state index in [1.807, 2.05) is 18.2 Å². The lowest BCUT2D eigenvalue weighted by atomic mass is 9.92. The Balaban J connectivity index is 1.53. The van der Waals surface area contributed by atoms with Crippen molar-refractivity contribution in [3.8, 4) is 0 Å². The van der Waals surface area contributed by atoms with Gasteiger partial charge in [0.2, 0.25) is 5.91 Å². The summed E-state index contributed by atoms with van der Waals surface area (Å²) in [5.41, 5.74) is 2.54. The summed E-state index contributed by atoms with van der Waals surface area (Å²) in [6.45, 7) is 7.30. The third-order valence-electron chi connectivity index (χ3n) is 5.33. The first-order valence-electron chi connectivity index (χ1n) is 9.75. The number of amides is 1. The quantitative estimate of drug-likeness (QED) is 0.837. The van der Waals surface area contributed by atoms with Crippen molar-refractivity contribution in [1.29, 1.82) is 0 Å². The minimum atomic E-state index is 0.0889. The van der Waals surface area contributed by atoms with Crippen LogP contribution in [0, 0.1) is 11.8 Å². The molecule has 0 aromatic heterocycles.